The summed E-state index contributed by atoms with van der Waals surface area (Å²) in [7, 11) is 0. The minimum Gasteiger partial charge on any atom is -0.329 e. The Morgan fingerprint density at radius 3 is 1.75 bits per heavy atom. The fourth-order valence-electron chi connectivity index (χ4n) is 2.63. The number of likely N-dealkylation sites (N-methyl/N-ethyl adjacent to an activating group) is 1. The van der Waals surface area contributed by atoms with E-state index < -0.39 is 0 Å². The molecule has 0 aliphatic heterocycles. The Kier molecular flexibility index (Phi) is 8.04. The molecule has 0 heterocycles. The highest BCUT2D eigenvalue weighted by atomic mass is 15.2. The standard InChI is InChI=1S/C14H32N2/c1-6-13(7-2)11-16(10-5)14(8-3,9-4)12-15/h13H,6-12,15H2,1-5H3. The highest BCUT2D eigenvalue weighted by Gasteiger charge is 2.31. The predicted molar refractivity (Wildman–Crippen MR) is 73.7 cm³/mol. The van der Waals surface area contributed by atoms with Crippen LogP contribution in [0.25, 0.3) is 0 Å². The second kappa shape index (κ2) is 8.08. The average Bonchev–Trinajstić information content (AvgIpc) is 2.35. The van der Waals surface area contributed by atoms with Crippen LogP contribution in [0.2, 0.25) is 0 Å². The molecule has 2 nitrogen and oxygen atoms in total. The predicted octanol–water partition coefficient (Wildman–Crippen LogP) is 3.26. The highest BCUT2D eigenvalue weighted by Crippen LogP contribution is 2.25. The van der Waals surface area contributed by atoms with Crippen molar-refractivity contribution in [1.82, 2.24) is 4.90 Å². The Balaban J connectivity index is 4.66. The summed E-state index contributed by atoms with van der Waals surface area (Å²) in [5, 5.41) is 0. The molecule has 0 rings (SSSR count). The molecule has 0 aromatic carbocycles. The van der Waals surface area contributed by atoms with Crippen molar-refractivity contribution in [3.63, 3.8) is 0 Å². The van der Waals surface area contributed by atoms with Crippen LogP contribution in [-0.2, 0) is 0 Å². The zero-order chi connectivity index (χ0) is 12.6. The van der Waals surface area contributed by atoms with Crippen molar-refractivity contribution in [2.75, 3.05) is 19.6 Å². The van der Waals surface area contributed by atoms with E-state index in [9.17, 15) is 0 Å². The van der Waals surface area contributed by atoms with Gasteiger partial charge in [0.05, 0.1) is 0 Å². The Hall–Kier alpha value is -0.0800. The molecule has 0 aliphatic carbocycles. The molecule has 0 fully saturated rings. The largest absolute Gasteiger partial charge is 0.329 e. The van der Waals surface area contributed by atoms with E-state index in [1.165, 1.54) is 19.4 Å². The summed E-state index contributed by atoms with van der Waals surface area (Å²) in [6, 6.07) is 0. The molecule has 0 aromatic heterocycles. The van der Waals surface area contributed by atoms with Gasteiger partial charge in [-0.25, -0.2) is 0 Å². The number of rotatable bonds is 9. The van der Waals surface area contributed by atoms with E-state index in [2.05, 4.69) is 39.5 Å². The molecular weight excluding hydrogens is 196 g/mol. The zero-order valence-electron chi connectivity index (χ0n) is 12.1. The monoisotopic (exact) mass is 228 g/mol. The second-order valence-electron chi connectivity index (χ2n) is 4.86. The summed E-state index contributed by atoms with van der Waals surface area (Å²) < 4.78 is 0. The lowest BCUT2D eigenvalue weighted by atomic mass is 9.88. The van der Waals surface area contributed by atoms with Gasteiger partial charge in [-0.15, -0.1) is 0 Å². The summed E-state index contributed by atoms with van der Waals surface area (Å²) in [6.45, 7) is 14.5. The van der Waals surface area contributed by atoms with Crippen LogP contribution >= 0.6 is 0 Å². The molecule has 0 saturated heterocycles. The maximum absolute atomic E-state index is 6.02. The molecule has 16 heavy (non-hydrogen) atoms. The van der Waals surface area contributed by atoms with Crippen molar-refractivity contribution in [2.45, 2.75) is 65.8 Å². The number of nitrogens with two attached hydrogens (primary N) is 1. The van der Waals surface area contributed by atoms with E-state index in [-0.39, 0.29) is 5.54 Å². The number of nitrogens with zero attached hydrogens (tertiary/aromatic N) is 1. The van der Waals surface area contributed by atoms with Crippen LogP contribution in [0.15, 0.2) is 0 Å². The minimum absolute atomic E-state index is 0.233. The van der Waals surface area contributed by atoms with Crippen molar-refractivity contribution in [1.29, 1.82) is 0 Å². The molecule has 0 radical (unpaired) electrons. The summed E-state index contributed by atoms with van der Waals surface area (Å²) in [5.74, 6) is 0.823. The van der Waals surface area contributed by atoms with Gasteiger partial charge in [0.15, 0.2) is 0 Å². The SMILES string of the molecule is CCC(CC)CN(CC)C(CC)(CC)CN. The maximum atomic E-state index is 6.02. The molecular formula is C14H32N2. The van der Waals surface area contributed by atoms with E-state index in [0.29, 0.717) is 0 Å². The molecule has 0 atom stereocenters. The minimum atomic E-state index is 0.233. The molecule has 0 amide bonds. The summed E-state index contributed by atoms with van der Waals surface area (Å²) in [5.41, 5.74) is 6.26. The molecule has 2 heteroatoms. The maximum Gasteiger partial charge on any atom is 0.0326 e. The quantitative estimate of drug-likeness (QED) is 0.656. The van der Waals surface area contributed by atoms with Crippen LogP contribution in [0.3, 0.4) is 0 Å². The van der Waals surface area contributed by atoms with Gasteiger partial charge < -0.3 is 5.73 Å². The molecule has 0 bridgehead atoms. The van der Waals surface area contributed by atoms with Crippen LogP contribution in [0.4, 0.5) is 0 Å². The molecule has 98 valence electrons. The lowest BCUT2D eigenvalue weighted by Gasteiger charge is -2.43. The first-order valence-electron chi connectivity index (χ1n) is 7.09. The van der Waals surface area contributed by atoms with Gasteiger partial charge in [-0.2, -0.15) is 0 Å². The van der Waals surface area contributed by atoms with E-state index in [4.69, 9.17) is 5.73 Å². The third-order valence-corrected chi connectivity index (χ3v) is 4.38. The fourth-order valence-corrected chi connectivity index (χ4v) is 2.63. The molecule has 2 N–H and O–H groups in total. The topological polar surface area (TPSA) is 29.3 Å². The first kappa shape index (κ1) is 15.9. The lowest BCUT2D eigenvalue weighted by Crippen LogP contribution is -2.54. The molecule has 0 unspecified atom stereocenters. The Labute approximate surface area is 103 Å². The Bertz CT molecular complexity index is 152. The van der Waals surface area contributed by atoms with Crippen LogP contribution in [0.5, 0.6) is 0 Å². The molecule has 0 aromatic rings. The van der Waals surface area contributed by atoms with Crippen molar-refractivity contribution < 1.29 is 0 Å². The van der Waals surface area contributed by atoms with Crippen molar-refractivity contribution >= 4 is 0 Å². The van der Waals surface area contributed by atoms with E-state index >= 15 is 0 Å². The van der Waals surface area contributed by atoms with Crippen molar-refractivity contribution in [3.8, 4) is 0 Å². The number of hydrogen-bond donors (Lipinski definition) is 1. The summed E-state index contributed by atoms with van der Waals surface area (Å²) in [6.07, 6.45) is 4.88. The lowest BCUT2D eigenvalue weighted by molar-refractivity contribution is 0.0712. The van der Waals surface area contributed by atoms with Gasteiger partial charge in [-0.3, -0.25) is 4.90 Å². The smallest absolute Gasteiger partial charge is 0.0326 e. The zero-order valence-corrected chi connectivity index (χ0v) is 12.1. The third kappa shape index (κ3) is 3.74. The molecule has 0 spiro atoms. The van der Waals surface area contributed by atoms with E-state index in [1.54, 1.807) is 0 Å². The van der Waals surface area contributed by atoms with E-state index in [0.717, 1.165) is 31.8 Å². The highest BCUT2D eigenvalue weighted by molar-refractivity contribution is 4.89. The van der Waals surface area contributed by atoms with Gasteiger partial charge in [0.25, 0.3) is 0 Å². The van der Waals surface area contributed by atoms with E-state index in [1.807, 2.05) is 0 Å². The Morgan fingerprint density at radius 1 is 1.00 bits per heavy atom. The Morgan fingerprint density at radius 2 is 1.50 bits per heavy atom. The first-order valence-corrected chi connectivity index (χ1v) is 7.09. The van der Waals surface area contributed by atoms with Crippen LogP contribution < -0.4 is 5.73 Å². The first-order chi connectivity index (χ1) is 7.63. The van der Waals surface area contributed by atoms with Crippen LogP contribution in [0, 0.1) is 5.92 Å². The summed E-state index contributed by atoms with van der Waals surface area (Å²) >= 11 is 0. The van der Waals surface area contributed by atoms with Crippen molar-refractivity contribution in [2.24, 2.45) is 11.7 Å². The molecule has 0 aliphatic rings. The van der Waals surface area contributed by atoms with Gasteiger partial charge in [-0.05, 0) is 25.3 Å². The van der Waals surface area contributed by atoms with Crippen LogP contribution in [-0.4, -0.2) is 30.1 Å². The van der Waals surface area contributed by atoms with Gasteiger partial charge in [0.1, 0.15) is 0 Å². The van der Waals surface area contributed by atoms with Gasteiger partial charge in [0.2, 0.25) is 0 Å². The fraction of sp³-hybridized carbons (Fsp3) is 1.00. The molecule has 0 saturated carbocycles. The number of hydrogen-bond acceptors (Lipinski definition) is 2. The third-order valence-electron chi connectivity index (χ3n) is 4.38. The van der Waals surface area contributed by atoms with Gasteiger partial charge in [0, 0.05) is 18.6 Å². The summed E-state index contributed by atoms with van der Waals surface area (Å²) in [4.78, 5) is 2.62. The normalized spacial score (nSPS) is 12.8. The second-order valence-corrected chi connectivity index (χ2v) is 4.86. The van der Waals surface area contributed by atoms with Crippen LogP contribution in [0.1, 0.15) is 60.3 Å². The van der Waals surface area contributed by atoms with Gasteiger partial charge in [-0.1, -0.05) is 47.5 Å². The van der Waals surface area contributed by atoms with Crippen molar-refractivity contribution in [3.05, 3.63) is 0 Å². The van der Waals surface area contributed by atoms with Gasteiger partial charge >= 0.3 is 0 Å². The average molecular weight is 228 g/mol.